The highest BCUT2D eigenvalue weighted by molar-refractivity contribution is 5.16. The minimum Gasteiger partial charge on any atom is -0.389 e. The molecule has 114 valence electrons. The Balaban J connectivity index is 2.06. The maximum Gasteiger partial charge on any atom is 0.0771 e. The Morgan fingerprint density at radius 2 is 1.85 bits per heavy atom. The van der Waals surface area contributed by atoms with Gasteiger partial charge in [0.2, 0.25) is 0 Å². The van der Waals surface area contributed by atoms with Gasteiger partial charge in [0.15, 0.2) is 0 Å². The summed E-state index contributed by atoms with van der Waals surface area (Å²) in [5.41, 5.74) is -0.429. The van der Waals surface area contributed by atoms with Crippen LogP contribution in [0.4, 0.5) is 0 Å². The molecule has 2 fully saturated rings. The van der Waals surface area contributed by atoms with E-state index in [-0.39, 0.29) is 0 Å². The fourth-order valence-corrected chi connectivity index (χ4v) is 5.82. The molecule has 0 amide bonds. The van der Waals surface area contributed by atoms with E-state index in [2.05, 4.69) is 39.8 Å². The quantitative estimate of drug-likeness (QED) is 0.691. The van der Waals surface area contributed by atoms with Gasteiger partial charge in [-0.2, -0.15) is 0 Å². The molecule has 0 aromatic rings. The Hall–Kier alpha value is -0.300. The molecule has 0 spiro atoms. The van der Waals surface area contributed by atoms with Gasteiger partial charge in [-0.1, -0.05) is 46.3 Å². The SMILES string of the molecule is CC(C)[C@H]1CC[C@@H](C)[C@@H]2CC[C@@H](C)[C@@]3(O)[C@@H]2C=CC[C@@H]13. The highest BCUT2D eigenvalue weighted by Gasteiger charge is 2.56. The summed E-state index contributed by atoms with van der Waals surface area (Å²) in [6, 6.07) is 0. The van der Waals surface area contributed by atoms with Gasteiger partial charge in [-0.3, -0.25) is 0 Å². The van der Waals surface area contributed by atoms with Crippen LogP contribution in [0.2, 0.25) is 0 Å². The third-order valence-corrected chi connectivity index (χ3v) is 7.10. The average molecular weight is 276 g/mol. The first kappa shape index (κ1) is 14.6. The molecule has 0 heterocycles. The second-order valence-electron chi connectivity index (χ2n) is 8.29. The van der Waals surface area contributed by atoms with Crippen LogP contribution in [0.5, 0.6) is 0 Å². The van der Waals surface area contributed by atoms with Crippen LogP contribution >= 0.6 is 0 Å². The van der Waals surface area contributed by atoms with Crippen molar-refractivity contribution in [2.24, 2.45) is 41.4 Å². The van der Waals surface area contributed by atoms with Gasteiger partial charge in [0.25, 0.3) is 0 Å². The van der Waals surface area contributed by atoms with Gasteiger partial charge in [-0.05, 0) is 61.2 Å². The Labute approximate surface area is 124 Å². The summed E-state index contributed by atoms with van der Waals surface area (Å²) in [6.07, 6.45) is 11.1. The third-order valence-electron chi connectivity index (χ3n) is 7.10. The van der Waals surface area contributed by atoms with E-state index < -0.39 is 5.60 Å². The molecule has 1 nitrogen and oxygen atoms in total. The standard InChI is InChI=1S/C19H32O/c1-12(2)15-10-8-13(3)16-11-9-14(4)19(20)17(15)6-5-7-18(16)19/h5,7,12-18,20H,6,8-11H2,1-4H3/t13-,14-,15-,16+,17+,18-,19+/m1/s1. The van der Waals surface area contributed by atoms with Crippen molar-refractivity contribution in [1.29, 1.82) is 0 Å². The van der Waals surface area contributed by atoms with Crippen molar-refractivity contribution in [3.05, 3.63) is 12.2 Å². The van der Waals surface area contributed by atoms with Gasteiger partial charge in [-0.15, -0.1) is 0 Å². The lowest BCUT2D eigenvalue weighted by Crippen LogP contribution is -2.60. The van der Waals surface area contributed by atoms with Crippen molar-refractivity contribution < 1.29 is 5.11 Å². The van der Waals surface area contributed by atoms with Crippen molar-refractivity contribution >= 4 is 0 Å². The molecular formula is C19H32O. The first-order valence-corrected chi connectivity index (χ1v) is 8.85. The third kappa shape index (κ3) is 2.00. The molecule has 3 aliphatic rings. The van der Waals surface area contributed by atoms with Gasteiger partial charge < -0.3 is 5.11 Å². The van der Waals surface area contributed by atoms with Gasteiger partial charge in [0.1, 0.15) is 0 Å². The number of allylic oxidation sites excluding steroid dienone is 1. The molecule has 0 radical (unpaired) electrons. The number of hydrogen-bond acceptors (Lipinski definition) is 1. The highest BCUT2D eigenvalue weighted by atomic mass is 16.3. The van der Waals surface area contributed by atoms with E-state index in [0.29, 0.717) is 35.5 Å². The van der Waals surface area contributed by atoms with E-state index in [4.69, 9.17) is 0 Å². The Morgan fingerprint density at radius 3 is 2.55 bits per heavy atom. The zero-order chi connectivity index (χ0) is 14.5. The van der Waals surface area contributed by atoms with Crippen molar-refractivity contribution in [2.75, 3.05) is 0 Å². The van der Waals surface area contributed by atoms with Crippen molar-refractivity contribution in [2.45, 2.75) is 65.4 Å². The van der Waals surface area contributed by atoms with E-state index in [0.717, 1.165) is 12.3 Å². The van der Waals surface area contributed by atoms with Gasteiger partial charge in [-0.25, -0.2) is 0 Å². The molecule has 3 rings (SSSR count). The maximum absolute atomic E-state index is 11.7. The van der Waals surface area contributed by atoms with Crippen LogP contribution in [0.15, 0.2) is 12.2 Å². The van der Waals surface area contributed by atoms with Crippen LogP contribution in [0.3, 0.4) is 0 Å². The highest BCUT2D eigenvalue weighted by Crippen LogP contribution is 2.57. The summed E-state index contributed by atoms with van der Waals surface area (Å²) in [5, 5.41) is 11.7. The molecule has 0 aromatic heterocycles. The molecule has 4 bridgehead atoms. The van der Waals surface area contributed by atoms with Crippen LogP contribution in [0.25, 0.3) is 0 Å². The molecule has 7 atom stereocenters. The second-order valence-corrected chi connectivity index (χ2v) is 8.29. The van der Waals surface area contributed by atoms with Crippen LogP contribution in [-0.2, 0) is 0 Å². The van der Waals surface area contributed by atoms with E-state index in [1.165, 1.54) is 25.7 Å². The largest absolute Gasteiger partial charge is 0.389 e. The lowest BCUT2D eigenvalue weighted by atomic mass is 9.49. The normalized spacial score (nSPS) is 51.7. The molecule has 1 N–H and O–H groups in total. The van der Waals surface area contributed by atoms with Gasteiger partial charge in [0.05, 0.1) is 5.60 Å². The molecular weight excluding hydrogens is 244 g/mol. The van der Waals surface area contributed by atoms with Crippen molar-refractivity contribution in [3.8, 4) is 0 Å². The predicted molar refractivity (Wildman–Crippen MR) is 84.3 cm³/mol. The smallest absolute Gasteiger partial charge is 0.0771 e. The molecule has 20 heavy (non-hydrogen) atoms. The fourth-order valence-electron chi connectivity index (χ4n) is 5.82. The summed E-state index contributed by atoms with van der Waals surface area (Å²) >= 11 is 0. The van der Waals surface area contributed by atoms with Gasteiger partial charge in [0, 0.05) is 5.92 Å². The number of aliphatic hydroxyl groups is 1. The molecule has 0 unspecified atom stereocenters. The van der Waals surface area contributed by atoms with E-state index in [9.17, 15) is 5.11 Å². The van der Waals surface area contributed by atoms with Crippen LogP contribution in [0.1, 0.15) is 59.8 Å². The summed E-state index contributed by atoms with van der Waals surface area (Å²) in [7, 11) is 0. The number of hydrogen-bond donors (Lipinski definition) is 1. The number of rotatable bonds is 1. The lowest BCUT2D eigenvalue weighted by molar-refractivity contribution is -0.173. The summed E-state index contributed by atoms with van der Waals surface area (Å²) in [5.74, 6) is 4.23. The van der Waals surface area contributed by atoms with Crippen molar-refractivity contribution in [1.82, 2.24) is 0 Å². The summed E-state index contributed by atoms with van der Waals surface area (Å²) < 4.78 is 0. The van der Waals surface area contributed by atoms with E-state index in [1.54, 1.807) is 0 Å². The zero-order valence-electron chi connectivity index (χ0n) is 13.7. The first-order valence-electron chi connectivity index (χ1n) is 8.85. The average Bonchev–Trinajstić information content (AvgIpc) is 2.40. The summed E-state index contributed by atoms with van der Waals surface area (Å²) in [6.45, 7) is 9.46. The predicted octanol–water partition coefficient (Wildman–Crippen LogP) is 4.66. The molecule has 0 aliphatic heterocycles. The molecule has 0 aromatic carbocycles. The van der Waals surface area contributed by atoms with Crippen LogP contribution < -0.4 is 0 Å². The molecule has 2 saturated carbocycles. The van der Waals surface area contributed by atoms with Crippen LogP contribution in [-0.4, -0.2) is 10.7 Å². The lowest BCUT2D eigenvalue weighted by Gasteiger charge is -2.58. The van der Waals surface area contributed by atoms with E-state index >= 15 is 0 Å². The van der Waals surface area contributed by atoms with E-state index in [1.807, 2.05) is 0 Å². The van der Waals surface area contributed by atoms with Crippen LogP contribution in [0, 0.1) is 41.4 Å². The zero-order valence-corrected chi connectivity index (χ0v) is 13.7. The topological polar surface area (TPSA) is 20.2 Å². The Bertz CT molecular complexity index is 385. The second kappa shape index (κ2) is 5.16. The Kier molecular flexibility index (Phi) is 3.77. The minimum absolute atomic E-state index is 0.418. The summed E-state index contributed by atoms with van der Waals surface area (Å²) in [4.78, 5) is 0. The monoisotopic (exact) mass is 276 g/mol. The minimum atomic E-state index is -0.429. The van der Waals surface area contributed by atoms with Crippen molar-refractivity contribution in [3.63, 3.8) is 0 Å². The molecule has 3 aliphatic carbocycles. The maximum atomic E-state index is 11.7. The first-order chi connectivity index (χ1) is 9.46. The molecule has 0 saturated heterocycles. The molecule has 1 heteroatoms. The fraction of sp³-hybridized carbons (Fsp3) is 0.895. The van der Waals surface area contributed by atoms with Gasteiger partial charge >= 0.3 is 0 Å². The Morgan fingerprint density at radius 1 is 1.10 bits per heavy atom.